The summed E-state index contributed by atoms with van der Waals surface area (Å²) in [5.74, 6) is 0.597. The summed E-state index contributed by atoms with van der Waals surface area (Å²) >= 11 is 1.55. The highest BCUT2D eigenvalue weighted by Gasteiger charge is 2.18. The molecular formula is C19H21N3OS. The van der Waals surface area contributed by atoms with Gasteiger partial charge in [-0.25, -0.2) is 4.98 Å². The van der Waals surface area contributed by atoms with E-state index in [9.17, 15) is 4.79 Å². The number of para-hydroxylation sites is 2. The lowest BCUT2D eigenvalue weighted by Gasteiger charge is -2.13. The van der Waals surface area contributed by atoms with E-state index in [0.29, 0.717) is 5.95 Å². The third-order valence-corrected chi connectivity index (χ3v) is 4.87. The van der Waals surface area contributed by atoms with E-state index in [0.717, 1.165) is 28.9 Å². The monoisotopic (exact) mass is 339 g/mol. The fraction of sp³-hybridized carbons (Fsp3) is 0.263. The van der Waals surface area contributed by atoms with Crippen LogP contribution in [0, 0.1) is 0 Å². The van der Waals surface area contributed by atoms with Crippen molar-refractivity contribution in [2.24, 2.45) is 0 Å². The highest BCUT2D eigenvalue weighted by molar-refractivity contribution is 8.00. The number of imidazole rings is 1. The first kappa shape index (κ1) is 16.6. The molecule has 2 aromatic carbocycles. The van der Waals surface area contributed by atoms with Crippen LogP contribution in [0.3, 0.4) is 0 Å². The molecule has 0 saturated heterocycles. The van der Waals surface area contributed by atoms with Gasteiger partial charge in [-0.05, 0) is 37.6 Å². The molecule has 0 spiro atoms. The number of hydrogen-bond acceptors (Lipinski definition) is 3. The number of aryl methyl sites for hydroxylation is 1. The second-order valence-electron chi connectivity index (χ2n) is 5.64. The van der Waals surface area contributed by atoms with Crippen molar-refractivity contribution in [1.29, 1.82) is 0 Å². The van der Waals surface area contributed by atoms with Gasteiger partial charge in [-0.3, -0.25) is 10.1 Å². The van der Waals surface area contributed by atoms with Gasteiger partial charge in [0.25, 0.3) is 0 Å². The van der Waals surface area contributed by atoms with Crippen molar-refractivity contribution >= 4 is 34.7 Å². The maximum absolute atomic E-state index is 12.6. The van der Waals surface area contributed by atoms with E-state index in [-0.39, 0.29) is 11.2 Å². The van der Waals surface area contributed by atoms with E-state index in [1.807, 2.05) is 61.5 Å². The topological polar surface area (TPSA) is 46.9 Å². The van der Waals surface area contributed by atoms with Gasteiger partial charge in [0.05, 0.1) is 16.3 Å². The minimum absolute atomic E-state index is 0.0310. The number of fused-ring (bicyclic) bond motifs is 1. The van der Waals surface area contributed by atoms with Crippen LogP contribution in [0.15, 0.2) is 59.5 Å². The first-order valence-electron chi connectivity index (χ1n) is 8.17. The number of rotatable bonds is 6. The number of anilines is 1. The number of carbonyl (C=O) groups excluding carboxylic acids is 1. The van der Waals surface area contributed by atoms with Gasteiger partial charge in [-0.2, -0.15) is 0 Å². The molecule has 1 N–H and O–H groups in total. The zero-order chi connectivity index (χ0) is 16.9. The number of amides is 1. The molecule has 124 valence electrons. The molecule has 1 aromatic heterocycles. The number of nitrogens with zero attached hydrogens (tertiary/aromatic N) is 2. The Morgan fingerprint density at radius 2 is 1.88 bits per heavy atom. The molecule has 1 atom stereocenters. The molecule has 0 aliphatic rings. The Morgan fingerprint density at radius 1 is 1.17 bits per heavy atom. The van der Waals surface area contributed by atoms with Crippen LogP contribution in [-0.4, -0.2) is 20.7 Å². The van der Waals surface area contributed by atoms with Crippen molar-refractivity contribution in [2.75, 3.05) is 5.32 Å². The summed E-state index contributed by atoms with van der Waals surface area (Å²) in [6.45, 7) is 4.87. The Balaban J connectivity index is 1.78. The summed E-state index contributed by atoms with van der Waals surface area (Å²) in [4.78, 5) is 18.2. The quantitative estimate of drug-likeness (QED) is 0.669. The minimum Gasteiger partial charge on any atom is -0.310 e. The van der Waals surface area contributed by atoms with E-state index in [1.54, 1.807) is 11.8 Å². The van der Waals surface area contributed by atoms with Gasteiger partial charge in [0.15, 0.2) is 0 Å². The number of benzene rings is 2. The van der Waals surface area contributed by atoms with Crippen LogP contribution in [0.4, 0.5) is 5.95 Å². The fourth-order valence-corrected chi connectivity index (χ4v) is 3.48. The van der Waals surface area contributed by atoms with Crippen LogP contribution in [0.1, 0.15) is 20.3 Å². The van der Waals surface area contributed by atoms with E-state index in [1.165, 1.54) is 0 Å². The Kier molecular flexibility index (Phi) is 5.20. The largest absolute Gasteiger partial charge is 0.310 e. The summed E-state index contributed by atoms with van der Waals surface area (Å²) in [6, 6.07) is 17.9. The summed E-state index contributed by atoms with van der Waals surface area (Å²) in [5, 5.41) is 2.80. The van der Waals surface area contributed by atoms with Crippen LogP contribution in [0.2, 0.25) is 0 Å². The lowest BCUT2D eigenvalue weighted by Crippen LogP contribution is -2.24. The van der Waals surface area contributed by atoms with E-state index in [2.05, 4.69) is 21.8 Å². The van der Waals surface area contributed by atoms with Crippen LogP contribution < -0.4 is 5.32 Å². The van der Waals surface area contributed by atoms with Gasteiger partial charge in [-0.1, -0.05) is 37.3 Å². The molecule has 0 aliphatic carbocycles. The molecule has 4 nitrogen and oxygen atoms in total. The van der Waals surface area contributed by atoms with Crippen LogP contribution >= 0.6 is 11.8 Å². The number of aromatic nitrogens is 2. The average Bonchev–Trinajstić information content (AvgIpc) is 2.94. The molecule has 1 unspecified atom stereocenters. The van der Waals surface area contributed by atoms with Crippen molar-refractivity contribution in [2.45, 2.75) is 37.0 Å². The SMILES string of the molecule is CCCn1c(NC(=O)C(C)Sc2ccccc2)nc2ccccc21. The number of nitrogens with one attached hydrogen (secondary N) is 1. The third kappa shape index (κ3) is 3.62. The second kappa shape index (κ2) is 7.53. The maximum Gasteiger partial charge on any atom is 0.239 e. The van der Waals surface area contributed by atoms with Gasteiger partial charge in [0.2, 0.25) is 11.9 Å². The normalized spacial score (nSPS) is 12.2. The van der Waals surface area contributed by atoms with Gasteiger partial charge in [0.1, 0.15) is 0 Å². The fourth-order valence-electron chi connectivity index (χ4n) is 2.59. The average molecular weight is 339 g/mol. The molecule has 0 fully saturated rings. The predicted molar refractivity (Wildman–Crippen MR) is 100 cm³/mol. The summed E-state index contributed by atoms with van der Waals surface area (Å²) < 4.78 is 2.08. The van der Waals surface area contributed by atoms with Crippen LogP contribution in [0.5, 0.6) is 0 Å². The van der Waals surface area contributed by atoms with Gasteiger partial charge in [-0.15, -0.1) is 11.8 Å². The highest BCUT2D eigenvalue weighted by atomic mass is 32.2. The predicted octanol–water partition coefficient (Wildman–Crippen LogP) is 4.57. The van der Waals surface area contributed by atoms with Gasteiger partial charge >= 0.3 is 0 Å². The zero-order valence-electron chi connectivity index (χ0n) is 13.9. The summed E-state index contributed by atoms with van der Waals surface area (Å²) in [6.07, 6.45) is 0.984. The smallest absolute Gasteiger partial charge is 0.239 e. The summed E-state index contributed by atoms with van der Waals surface area (Å²) in [5.41, 5.74) is 1.96. The van der Waals surface area contributed by atoms with Crippen molar-refractivity contribution in [3.05, 3.63) is 54.6 Å². The lowest BCUT2D eigenvalue weighted by atomic mass is 10.3. The number of carbonyl (C=O) groups is 1. The van der Waals surface area contributed by atoms with Crippen molar-refractivity contribution in [3.63, 3.8) is 0 Å². The molecule has 0 saturated carbocycles. The maximum atomic E-state index is 12.6. The van der Waals surface area contributed by atoms with Crippen LogP contribution in [-0.2, 0) is 11.3 Å². The molecule has 0 radical (unpaired) electrons. The Morgan fingerprint density at radius 3 is 2.62 bits per heavy atom. The van der Waals surface area contributed by atoms with Crippen LogP contribution in [0.25, 0.3) is 11.0 Å². The number of hydrogen-bond donors (Lipinski definition) is 1. The highest BCUT2D eigenvalue weighted by Crippen LogP contribution is 2.25. The van der Waals surface area contributed by atoms with E-state index >= 15 is 0 Å². The Labute approximate surface area is 146 Å². The van der Waals surface area contributed by atoms with Crippen molar-refractivity contribution in [1.82, 2.24) is 9.55 Å². The molecule has 1 amide bonds. The minimum atomic E-state index is -0.192. The number of thioether (sulfide) groups is 1. The Hall–Kier alpha value is -2.27. The zero-order valence-corrected chi connectivity index (χ0v) is 14.7. The molecule has 3 rings (SSSR count). The first-order valence-corrected chi connectivity index (χ1v) is 9.05. The molecular weight excluding hydrogens is 318 g/mol. The van der Waals surface area contributed by atoms with E-state index in [4.69, 9.17) is 0 Å². The molecule has 24 heavy (non-hydrogen) atoms. The Bertz CT molecular complexity index is 829. The third-order valence-electron chi connectivity index (χ3n) is 3.76. The standard InChI is InChI=1S/C19H21N3OS/c1-3-13-22-17-12-8-7-11-16(17)20-19(22)21-18(23)14(2)24-15-9-5-4-6-10-15/h4-12,14H,3,13H2,1-2H3,(H,20,21,23). The molecule has 5 heteroatoms. The second-order valence-corrected chi connectivity index (χ2v) is 7.05. The lowest BCUT2D eigenvalue weighted by molar-refractivity contribution is -0.115. The van der Waals surface area contributed by atoms with E-state index < -0.39 is 0 Å². The molecule has 0 aliphatic heterocycles. The molecule has 0 bridgehead atoms. The first-order chi connectivity index (χ1) is 11.7. The van der Waals surface area contributed by atoms with Gasteiger partial charge < -0.3 is 4.57 Å². The summed E-state index contributed by atoms with van der Waals surface area (Å²) in [7, 11) is 0. The molecule has 1 heterocycles. The molecule has 3 aromatic rings. The van der Waals surface area contributed by atoms with Crippen molar-refractivity contribution < 1.29 is 4.79 Å². The van der Waals surface area contributed by atoms with Gasteiger partial charge in [0, 0.05) is 11.4 Å². The van der Waals surface area contributed by atoms with Crippen molar-refractivity contribution in [3.8, 4) is 0 Å².